The molecular weight excluding hydrogens is 378 g/mol. The lowest BCUT2D eigenvalue weighted by Crippen LogP contribution is -2.35. The third-order valence-electron chi connectivity index (χ3n) is 4.14. The van der Waals surface area contributed by atoms with E-state index in [0.29, 0.717) is 31.3 Å². The molecule has 6 nitrogen and oxygen atoms in total. The minimum absolute atomic E-state index is 0.106. The summed E-state index contributed by atoms with van der Waals surface area (Å²) in [7, 11) is 0. The lowest BCUT2D eigenvalue weighted by Gasteiger charge is -2.18. The highest BCUT2D eigenvalue weighted by molar-refractivity contribution is 8.00. The number of rotatable bonds is 7. The summed E-state index contributed by atoms with van der Waals surface area (Å²) in [5, 5.41) is 2.78. The Bertz CT molecular complexity index is 837. The van der Waals surface area contributed by atoms with Gasteiger partial charge in [0.1, 0.15) is 13.2 Å². The summed E-state index contributed by atoms with van der Waals surface area (Å²) in [6, 6.07) is 13.4. The number of thioether (sulfide) groups is 1. The van der Waals surface area contributed by atoms with Crippen LogP contribution >= 0.6 is 11.8 Å². The Morgan fingerprint density at radius 2 is 1.82 bits per heavy atom. The first-order valence-electron chi connectivity index (χ1n) is 9.06. The number of hydrogen-bond donors (Lipinski definition) is 1. The predicted molar refractivity (Wildman–Crippen MR) is 107 cm³/mol. The van der Waals surface area contributed by atoms with Gasteiger partial charge in [0.15, 0.2) is 17.6 Å². The first-order valence-corrected chi connectivity index (χ1v) is 10.0. The van der Waals surface area contributed by atoms with Gasteiger partial charge in [-0.25, -0.2) is 0 Å². The number of carbonyl (C=O) groups excluding carboxylic acids is 2. The van der Waals surface area contributed by atoms with Crippen molar-refractivity contribution in [1.82, 2.24) is 5.32 Å². The van der Waals surface area contributed by atoms with E-state index in [1.165, 1.54) is 11.8 Å². The van der Waals surface area contributed by atoms with E-state index in [0.717, 1.165) is 16.0 Å². The zero-order valence-electron chi connectivity index (χ0n) is 15.9. The van der Waals surface area contributed by atoms with Crippen LogP contribution in [-0.2, 0) is 20.9 Å². The molecule has 2 aromatic carbocycles. The van der Waals surface area contributed by atoms with E-state index in [-0.39, 0.29) is 11.7 Å². The van der Waals surface area contributed by atoms with E-state index < -0.39 is 12.1 Å². The van der Waals surface area contributed by atoms with E-state index in [2.05, 4.69) is 5.32 Å². The van der Waals surface area contributed by atoms with Crippen molar-refractivity contribution in [2.45, 2.75) is 31.4 Å². The number of ether oxygens (including phenoxy) is 3. The molecule has 0 saturated carbocycles. The normalized spacial score (nSPS) is 13.5. The van der Waals surface area contributed by atoms with Crippen LogP contribution < -0.4 is 14.8 Å². The standard InChI is InChI=1S/C21H23NO5S/c1-14-3-5-16(6-4-14)12-22-21(24)15(2)27-20(23)13-28-17-7-8-18-19(11-17)26-10-9-25-18/h3-8,11,15H,9-10,12-13H2,1-2H3,(H,22,24)/t15-/m0/s1. The molecule has 1 aliphatic rings. The first kappa shape index (κ1) is 20.1. The van der Waals surface area contributed by atoms with Crippen LogP contribution in [0.2, 0.25) is 0 Å². The third kappa shape index (κ3) is 5.66. The van der Waals surface area contributed by atoms with Crippen molar-refractivity contribution < 1.29 is 23.8 Å². The van der Waals surface area contributed by atoms with Gasteiger partial charge in [0.25, 0.3) is 5.91 Å². The van der Waals surface area contributed by atoms with Crippen molar-refractivity contribution in [3.8, 4) is 11.5 Å². The molecule has 0 fully saturated rings. The molecule has 1 amide bonds. The Labute approximate surface area is 168 Å². The second kappa shape index (κ2) is 9.50. The molecule has 2 aromatic rings. The SMILES string of the molecule is Cc1ccc(CNC(=O)[C@H](C)OC(=O)CSc2ccc3c(c2)OCCO3)cc1. The Kier molecular flexibility index (Phi) is 6.81. The Morgan fingerprint density at radius 1 is 1.11 bits per heavy atom. The number of esters is 1. The highest BCUT2D eigenvalue weighted by atomic mass is 32.2. The maximum absolute atomic E-state index is 12.1. The van der Waals surface area contributed by atoms with Crippen LogP contribution in [0.1, 0.15) is 18.1 Å². The Hall–Kier alpha value is -2.67. The summed E-state index contributed by atoms with van der Waals surface area (Å²) in [5.41, 5.74) is 2.15. The van der Waals surface area contributed by atoms with Gasteiger partial charge in [-0.15, -0.1) is 11.8 Å². The summed E-state index contributed by atoms with van der Waals surface area (Å²) < 4.78 is 16.2. The molecule has 0 spiro atoms. The molecule has 1 heterocycles. The fourth-order valence-electron chi connectivity index (χ4n) is 2.58. The van der Waals surface area contributed by atoms with Gasteiger partial charge in [0.2, 0.25) is 0 Å². The van der Waals surface area contributed by atoms with Crippen LogP contribution in [0, 0.1) is 6.92 Å². The maximum atomic E-state index is 12.1. The van der Waals surface area contributed by atoms with Gasteiger partial charge in [-0.1, -0.05) is 29.8 Å². The molecule has 0 saturated heterocycles. The van der Waals surface area contributed by atoms with Gasteiger partial charge >= 0.3 is 5.97 Å². The van der Waals surface area contributed by atoms with E-state index in [9.17, 15) is 9.59 Å². The molecule has 3 rings (SSSR count). The fraction of sp³-hybridized carbons (Fsp3) is 0.333. The Morgan fingerprint density at radius 3 is 2.57 bits per heavy atom. The number of carbonyl (C=O) groups is 2. The van der Waals surface area contributed by atoms with Crippen LogP contribution in [0.5, 0.6) is 11.5 Å². The Balaban J connectivity index is 1.42. The molecule has 0 unspecified atom stereocenters. The van der Waals surface area contributed by atoms with E-state index >= 15 is 0 Å². The molecule has 1 N–H and O–H groups in total. The van der Waals surface area contributed by atoms with Crippen molar-refractivity contribution >= 4 is 23.6 Å². The van der Waals surface area contributed by atoms with Gasteiger partial charge in [-0.2, -0.15) is 0 Å². The zero-order valence-corrected chi connectivity index (χ0v) is 16.7. The van der Waals surface area contributed by atoms with Crippen molar-refractivity contribution in [2.75, 3.05) is 19.0 Å². The smallest absolute Gasteiger partial charge is 0.317 e. The first-order chi connectivity index (χ1) is 13.5. The summed E-state index contributed by atoms with van der Waals surface area (Å²) in [4.78, 5) is 25.1. The van der Waals surface area contributed by atoms with Crippen LogP contribution in [0.4, 0.5) is 0 Å². The molecule has 1 aliphatic heterocycles. The van der Waals surface area contributed by atoms with Crippen molar-refractivity contribution in [2.24, 2.45) is 0 Å². The highest BCUT2D eigenvalue weighted by Gasteiger charge is 2.18. The summed E-state index contributed by atoms with van der Waals surface area (Å²) in [6.07, 6.45) is -0.848. The molecule has 28 heavy (non-hydrogen) atoms. The maximum Gasteiger partial charge on any atom is 0.317 e. The molecule has 0 bridgehead atoms. The van der Waals surface area contributed by atoms with E-state index in [1.807, 2.05) is 49.4 Å². The van der Waals surface area contributed by atoms with Crippen LogP contribution in [0.15, 0.2) is 47.4 Å². The largest absolute Gasteiger partial charge is 0.486 e. The number of fused-ring (bicyclic) bond motifs is 1. The number of nitrogens with one attached hydrogen (secondary N) is 1. The molecule has 1 atom stereocenters. The van der Waals surface area contributed by atoms with E-state index in [1.54, 1.807) is 6.92 Å². The highest BCUT2D eigenvalue weighted by Crippen LogP contribution is 2.34. The second-order valence-corrected chi connectivity index (χ2v) is 7.48. The summed E-state index contributed by atoms with van der Waals surface area (Å²) >= 11 is 1.32. The zero-order chi connectivity index (χ0) is 19.9. The van der Waals surface area contributed by atoms with Gasteiger partial charge in [-0.05, 0) is 37.6 Å². The van der Waals surface area contributed by atoms with Crippen LogP contribution in [0.25, 0.3) is 0 Å². The predicted octanol–water partition coefficient (Wildman–Crippen LogP) is 3.11. The molecule has 0 aliphatic carbocycles. The summed E-state index contributed by atoms with van der Waals surface area (Å²) in [6.45, 7) is 5.02. The van der Waals surface area contributed by atoms with Gasteiger partial charge in [-0.3, -0.25) is 9.59 Å². The minimum Gasteiger partial charge on any atom is -0.486 e. The number of hydrogen-bond acceptors (Lipinski definition) is 6. The van der Waals surface area contributed by atoms with E-state index in [4.69, 9.17) is 14.2 Å². The monoisotopic (exact) mass is 401 g/mol. The quantitative estimate of drug-likeness (QED) is 0.568. The molecule has 0 aromatic heterocycles. The molecule has 148 valence electrons. The average Bonchev–Trinajstić information content (AvgIpc) is 2.71. The van der Waals surface area contributed by atoms with Crippen LogP contribution in [-0.4, -0.2) is 36.9 Å². The lowest BCUT2D eigenvalue weighted by atomic mass is 10.1. The molecule has 7 heteroatoms. The van der Waals surface area contributed by atoms with Gasteiger partial charge < -0.3 is 19.5 Å². The third-order valence-corrected chi connectivity index (χ3v) is 5.10. The van der Waals surface area contributed by atoms with Crippen LogP contribution in [0.3, 0.4) is 0 Å². The average molecular weight is 401 g/mol. The fourth-order valence-corrected chi connectivity index (χ4v) is 3.29. The topological polar surface area (TPSA) is 73.9 Å². The molecular formula is C21H23NO5S. The second-order valence-electron chi connectivity index (χ2n) is 6.43. The van der Waals surface area contributed by atoms with Crippen molar-refractivity contribution in [3.05, 3.63) is 53.6 Å². The van der Waals surface area contributed by atoms with Gasteiger partial charge in [0.05, 0.1) is 5.75 Å². The lowest BCUT2D eigenvalue weighted by molar-refractivity contribution is -0.152. The minimum atomic E-state index is -0.848. The number of amides is 1. The van der Waals surface area contributed by atoms with Crippen molar-refractivity contribution in [3.63, 3.8) is 0 Å². The summed E-state index contributed by atoms with van der Waals surface area (Å²) in [5.74, 6) is 0.719. The number of benzene rings is 2. The number of aryl methyl sites for hydroxylation is 1. The molecule has 0 radical (unpaired) electrons. The van der Waals surface area contributed by atoms with Gasteiger partial charge in [0, 0.05) is 11.4 Å². The van der Waals surface area contributed by atoms with Crippen molar-refractivity contribution in [1.29, 1.82) is 0 Å².